The van der Waals surface area contributed by atoms with Gasteiger partial charge < -0.3 is 14.7 Å². The molecule has 174 valence electrons. The molecule has 2 aliphatic rings. The Morgan fingerprint density at radius 1 is 1.09 bits per heavy atom. The molecule has 0 saturated carbocycles. The number of amides is 2. The molecule has 1 fully saturated rings. The van der Waals surface area contributed by atoms with Gasteiger partial charge in [-0.3, -0.25) is 14.9 Å². The molecule has 1 aliphatic carbocycles. The van der Waals surface area contributed by atoms with Crippen molar-refractivity contribution in [1.82, 2.24) is 9.88 Å². The van der Waals surface area contributed by atoms with Gasteiger partial charge in [0.2, 0.25) is 0 Å². The Kier molecular flexibility index (Phi) is 6.02. The lowest BCUT2D eigenvalue weighted by atomic mass is 9.98. The average Bonchev–Trinajstić information content (AvgIpc) is 3.45. The van der Waals surface area contributed by atoms with Crippen LogP contribution in [0.1, 0.15) is 40.4 Å². The minimum Gasteiger partial charge on any atom is -0.481 e. The van der Waals surface area contributed by atoms with Crippen LogP contribution in [0.3, 0.4) is 0 Å². The van der Waals surface area contributed by atoms with Crippen LogP contribution in [0.15, 0.2) is 53.9 Å². The van der Waals surface area contributed by atoms with Crippen LogP contribution in [0.5, 0.6) is 0 Å². The maximum Gasteiger partial charge on any atom is 0.413 e. The fraction of sp³-hybridized carbons (Fsp3) is 0.280. The lowest BCUT2D eigenvalue weighted by Crippen LogP contribution is -2.42. The van der Waals surface area contributed by atoms with E-state index in [0.717, 1.165) is 33.6 Å². The number of aromatic nitrogens is 1. The summed E-state index contributed by atoms with van der Waals surface area (Å²) in [5.41, 5.74) is 4.74. The van der Waals surface area contributed by atoms with Crippen molar-refractivity contribution in [3.05, 3.63) is 70.7 Å². The number of nitrogens with one attached hydrogen (secondary N) is 1. The number of likely N-dealkylation sites (tertiary alicyclic amines) is 1. The van der Waals surface area contributed by atoms with E-state index in [-0.39, 0.29) is 35.8 Å². The number of rotatable bonds is 5. The topological polar surface area (TPSA) is 109 Å². The third-order valence-corrected chi connectivity index (χ3v) is 7.09. The van der Waals surface area contributed by atoms with Crippen molar-refractivity contribution in [3.8, 4) is 11.1 Å². The van der Waals surface area contributed by atoms with Crippen molar-refractivity contribution < 1.29 is 24.2 Å². The highest BCUT2D eigenvalue weighted by Gasteiger charge is 2.31. The third-order valence-electron chi connectivity index (χ3n) is 6.33. The predicted molar refractivity (Wildman–Crippen MR) is 127 cm³/mol. The molecule has 34 heavy (non-hydrogen) atoms. The summed E-state index contributed by atoms with van der Waals surface area (Å²) in [7, 11) is 0. The van der Waals surface area contributed by atoms with Crippen molar-refractivity contribution in [1.29, 1.82) is 0 Å². The fourth-order valence-corrected chi connectivity index (χ4v) is 5.35. The first-order valence-corrected chi connectivity index (χ1v) is 12.0. The quantitative estimate of drug-likeness (QED) is 0.562. The van der Waals surface area contributed by atoms with Crippen molar-refractivity contribution in [2.24, 2.45) is 5.92 Å². The maximum absolute atomic E-state index is 12.7. The first-order valence-electron chi connectivity index (χ1n) is 11.1. The molecular formula is C25H23N3O5S. The summed E-state index contributed by atoms with van der Waals surface area (Å²) in [6, 6.07) is 16.2. The lowest BCUT2D eigenvalue weighted by molar-refractivity contribution is -0.143. The number of anilines is 1. The number of aliphatic carboxylic acids is 1. The van der Waals surface area contributed by atoms with Gasteiger partial charge in [-0.05, 0) is 35.1 Å². The number of piperidine rings is 1. The number of hydrogen-bond acceptors (Lipinski definition) is 6. The zero-order valence-corrected chi connectivity index (χ0v) is 19.1. The Hall–Kier alpha value is -3.72. The standard InChI is InChI=1S/C25H23N3O5S/c29-22(28-11-5-6-15(12-28)23(30)31)21-14-34-24(26-21)27-25(32)33-13-20-18-9-3-1-7-16(18)17-8-2-4-10-19(17)20/h1-4,7-10,14-15,20H,5-6,11-13H2,(H,30,31)(H,26,27,32)/t15-/m1/s1. The van der Waals surface area contributed by atoms with Crippen LogP contribution in [0.4, 0.5) is 9.93 Å². The van der Waals surface area contributed by atoms with Gasteiger partial charge >= 0.3 is 12.1 Å². The molecule has 1 atom stereocenters. The van der Waals surface area contributed by atoms with Gasteiger partial charge in [-0.25, -0.2) is 9.78 Å². The molecule has 0 radical (unpaired) electrons. The van der Waals surface area contributed by atoms with Crippen LogP contribution in [0.25, 0.3) is 11.1 Å². The molecule has 2 N–H and O–H groups in total. The molecule has 1 aromatic heterocycles. The molecule has 5 rings (SSSR count). The highest BCUT2D eigenvalue weighted by Crippen LogP contribution is 2.44. The maximum atomic E-state index is 12.7. The van der Waals surface area contributed by atoms with Gasteiger partial charge in [-0.2, -0.15) is 0 Å². The van der Waals surface area contributed by atoms with Gasteiger partial charge in [0.25, 0.3) is 5.91 Å². The van der Waals surface area contributed by atoms with E-state index < -0.39 is 18.0 Å². The SMILES string of the molecule is O=C(Nc1nc(C(=O)N2CCC[C@@H](C(=O)O)C2)cs1)OCC1c2ccccc2-c2ccccc21. The first kappa shape index (κ1) is 22.1. The molecule has 1 aliphatic heterocycles. The average molecular weight is 478 g/mol. The largest absolute Gasteiger partial charge is 0.481 e. The van der Waals surface area contributed by atoms with Gasteiger partial charge in [0.05, 0.1) is 5.92 Å². The van der Waals surface area contributed by atoms with Crippen molar-refractivity contribution in [2.75, 3.05) is 25.0 Å². The molecule has 0 unspecified atom stereocenters. The molecule has 0 spiro atoms. The number of ether oxygens (including phenoxy) is 1. The normalized spacial score (nSPS) is 17.1. The van der Waals surface area contributed by atoms with E-state index >= 15 is 0 Å². The van der Waals surface area contributed by atoms with E-state index in [1.807, 2.05) is 24.3 Å². The van der Waals surface area contributed by atoms with E-state index in [0.29, 0.717) is 19.4 Å². The highest BCUT2D eigenvalue weighted by atomic mass is 32.1. The lowest BCUT2D eigenvalue weighted by Gasteiger charge is -2.30. The summed E-state index contributed by atoms with van der Waals surface area (Å²) in [5, 5.41) is 13.7. The number of carbonyl (C=O) groups is 3. The first-order chi connectivity index (χ1) is 16.5. The molecule has 2 amide bonds. The molecular weight excluding hydrogens is 454 g/mol. The van der Waals surface area contributed by atoms with Gasteiger partial charge in [0, 0.05) is 24.4 Å². The van der Waals surface area contributed by atoms with Crippen LogP contribution >= 0.6 is 11.3 Å². The minimum absolute atomic E-state index is 0.0483. The van der Waals surface area contributed by atoms with Crippen LogP contribution in [-0.2, 0) is 9.53 Å². The monoisotopic (exact) mass is 477 g/mol. The zero-order chi connectivity index (χ0) is 23.7. The second kappa shape index (κ2) is 9.26. The summed E-state index contributed by atoms with van der Waals surface area (Å²) in [4.78, 5) is 42.2. The van der Waals surface area contributed by atoms with Crippen molar-refractivity contribution in [3.63, 3.8) is 0 Å². The van der Waals surface area contributed by atoms with E-state index in [1.165, 1.54) is 4.90 Å². The Bertz CT molecular complexity index is 1210. The van der Waals surface area contributed by atoms with Gasteiger partial charge in [0.15, 0.2) is 5.13 Å². The third kappa shape index (κ3) is 4.26. The van der Waals surface area contributed by atoms with Gasteiger partial charge in [0.1, 0.15) is 12.3 Å². The number of carboxylic acids is 1. The summed E-state index contributed by atoms with van der Waals surface area (Å²) in [5.74, 6) is -1.83. The van der Waals surface area contributed by atoms with E-state index in [2.05, 4.69) is 34.6 Å². The Labute approximate surface area is 200 Å². The second-order valence-corrected chi connectivity index (χ2v) is 9.28. The zero-order valence-electron chi connectivity index (χ0n) is 18.3. The molecule has 1 saturated heterocycles. The number of benzene rings is 2. The predicted octanol–water partition coefficient (Wildman–Crippen LogP) is 4.44. The van der Waals surface area contributed by atoms with E-state index in [9.17, 15) is 19.5 Å². The smallest absolute Gasteiger partial charge is 0.413 e. The summed E-state index contributed by atoms with van der Waals surface area (Å²) >= 11 is 1.13. The molecule has 3 aromatic rings. The number of carbonyl (C=O) groups excluding carboxylic acids is 2. The van der Waals surface area contributed by atoms with Crippen LogP contribution < -0.4 is 5.32 Å². The molecule has 8 nitrogen and oxygen atoms in total. The van der Waals surface area contributed by atoms with Gasteiger partial charge in [-0.15, -0.1) is 11.3 Å². The Morgan fingerprint density at radius 2 is 1.76 bits per heavy atom. The van der Waals surface area contributed by atoms with Crippen molar-refractivity contribution >= 4 is 34.4 Å². The number of hydrogen-bond donors (Lipinski definition) is 2. The summed E-state index contributed by atoms with van der Waals surface area (Å²) < 4.78 is 5.53. The van der Waals surface area contributed by atoms with E-state index in [4.69, 9.17) is 4.74 Å². The number of thiazole rings is 1. The Morgan fingerprint density at radius 3 is 2.44 bits per heavy atom. The fourth-order valence-electron chi connectivity index (χ4n) is 4.68. The number of nitrogens with zero attached hydrogens (tertiary/aromatic N) is 2. The molecule has 2 heterocycles. The number of carboxylic acid groups (broad SMARTS) is 1. The van der Waals surface area contributed by atoms with Gasteiger partial charge in [-0.1, -0.05) is 48.5 Å². The number of fused-ring (bicyclic) bond motifs is 3. The van der Waals surface area contributed by atoms with E-state index in [1.54, 1.807) is 5.38 Å². The van der Waals surface area contributed by atoms with Crippen LogP contribution in [0, 0.1) is 5.92 Å². The molecule has 9 heteroatoms. The summed E-state index contributed by atoms with van der Waals surface area (Å²) in [6.45, 7) is 0.845. The van der Waals surface area contributed by atoms with Crippen LogP contribution in [-0.4, -0.2) is 52.7 Å². The molecule has 0 bridgehead atoms. The van der Waals surface area contributed by atoms with Crippen LogP contribution in [0.2, 0.25) is 0 Å². The molecule has 2 aromatic carbocycles. The minimum atomic E-state index is -0.895. The second-order valence-electron chi connectivity index (χ2n) is 8.42. The van der Waals surface area contributed by atoms with Crippen molar-refractivity contribution in [2.45, 2.75) is 18.8 Å². The summed E-state index contributed by atoms with van der Waals surface area (Å²) in [6.07, 6.45) is 0.557. The highest BCUT2D eigenvalue weighted by molar-refractivity contribution is 7.14. The Balaban J connectivity index is 1.20.